The Kier molecular flexibility index (Phi) is 5.20. The molecule has 0 amide bonds. The minimum absolute atomic E-state index is 0.0303. The summed E-state index contributed by atoms with van der Waals surface area (Å²) >= 11 is 0. The van der Waals surface area contributed by atoms with Crippen LogP contribution in [0.2, 0.25) is 0 Å². The standard InChI is InChI=1S/C15H21N3O/c1-14(13-16)18-9-7-17(8-10-18)11-12-19-15-5-3-2-4-6-15/h2-6,14H,7-12H2,1H3. The molecule has 1 aromatic rings. The molecule has 2 rings (SSSR count). The minimum Gasteiger partial charge on any atom is -0.492 e. The van der Waals surface area contributed by atoms with Crippen molar-refractivity contribution in [1.29, 1.82) is 5.26 Å². The van der Waals surface area contributed by atoms with Crippen molar-refractivity contribution < 1.29 is 4.74 Å². The monoisotopic (exact) mass is 259 g/mol. The average Bonchev–Trinajstić information content (AvgIpc) is 2.48. The quantitative estimate of drug-likeness (QED) is 0.805. The van der Waals surface area contributed by atoms with Gasteiger partial charge in [-0.2, -0.15) is 5.26 Å². The van der Waals surface area contributed by atoms with Gasteiger partial charge in [0, 0.05) is 32.7 Å². The summed E-state index contributed by atoms with van der Waals surface area (Å²) in [7, 11) is 0. The number of para-hydroxylation sites is 1. The molecule has 1 aromatic carbocycles. The van der Waals surface area contributed by atoms with Gasteiger partial charge in [-0.3, -0.25) is 9.80 Å². The molecule has 0 saturated carbocycles. The number of ether oxygens (including phenoxy) is 1. The lowest BCUT2D eigenvalue weighted by Crippen LogP contribution is -2.50. The summed E-state index contributed by atoms with van der Waals surface area (Å²) < 4.78 is 5.70. The molecule has 1 saturated heterocycles. The van der Waals surface area contributed by atoms with E-state index in [1.807, 2.05) is 37.3 Å². The number of nitrogens with zero attached hydrogens (tertiary/aromatic N) is 3. The molecule has 0 aliphatic carbocycles. The maximum Gasteiger partial charge on any atom is 0.119 e. The van der Waals surface area contributed by atoms with Gasteiger partial charge in [0.15, 0.2) is 0 Å². The van der Waals surface area contributed by atoms with Gasteiger partial charge in [-0.25, -0.2) is 0 Å². The first kappa shape index (κ1) is 13.9. The van der Waals surface area contributed by atoms with Crippen LogP contribution in [0.1, 0.15) is 6.92 Å². The summed E-state index contributed by atoms with van der Waals surface area (Å²) in [4.78, 5) is 4.62. The molecular weight excluding hydrogens is 238 g/mol. The van der Waals surface area contributed by atoms with E-state index in [0.717, 1.165) is 45.1 Å². The van der Waals surface area contributed by atoms with Crippen LogP contribution in [0, 0.1) is 11.3 Å². The van der Waals surface area contributed by atoms with Gasteiger partial charge in [0.25, 0.3) is 0 Å². The fourth-order valence-corrected chi connectivity index (χ4v) is 2.27. The Morgan fingerprint density at radius 1 is 1.21 bits per heavy atom. The zero-order chi connectivity index (χ0) is 13.5. The molecule has 1 heterocycles. The van der Waals surface area contributed by atoms with Crippen LogP contribution in [0.4, 0.5) is 0 Å². The third kappa shape index (κ3) is 4.23. The van der Waals surface area contributed by atoms with E-state index in [4.69, 9.17) is 10.00 Å². The smallest absolute Gasteiger partial charge is 0.119 e. The Morgan fingerprint density at radius 3 is 2.53 bits per heavy atom. The summed E-state index contributed by atoms with van der Waals surface area (Å²) in [5.41, 5.74) is 0. The maximum atomic E-state index is 8.90. The average molecular weight is 259 g/mol. The highest BCUT2D eigenvalue weighted by Crippen LogP contribution is 2.09. The Balaban J connectivity index is 1.65. The van der Waals surface area contributed by atoms with Crippen LogP contribution >= 0.6 is 0 Å². The summed E-state index contributed by atoms with van der Waals surface area (Å²) in [6, 6.07) is 12.2. The lowest BCUT2D eigenvalue weighted by Gasteiger charge is -2.35. The third-order valence-electron chi connectivity index (χ3n) is 3.56. The van der Waals surface area contributed by atoms with Gasteiger partial charge in [0.1, 0.15) is 12.4 Å². The van der Waals surface area contributed by atoms with Gasteiger partial charge < -0.3 is 4.74 Å². The van der Waals surface area contributed by atoms with Gasteiger partial charge in [-0.05, 0) is 19.1 Å². The molecule has 0 aromatic heterocycles. The highest BCUT2D eigenvalue weighted by Gasteiger charge is 2.20. The molecule has 1 fully saturated rings. The van der Waals surface area contributed by atoms with Gasteiger partial charge in [-0.15, -0.1) is 0 Å². The number of hydrogen-bond donors (Lipinski definition) is 0. The van der Waals surface area contributed by atoms with Gasteiger partial charge >= 0.3 is 0 Å². The Labute approximate surface area is 115 Å². The number of nitriles is 1. The van der Waals surface area contributed by atoms with Gasteiger partial charge in [-0.1, -0.05) is 18.2 Å². The van der Waals surface area contributed by atoms with Crippen molar-refractivity contribution in [2.24, 2.45) is 0 Å². The van der Waals surface area contributed by atoms with Crippen molar-refractivity contribution in [3.63, 3.8) is 0 Å². The fraction of sp³-hybridized carbons (Fsp3) is 0.533. The van der Waals surface area contributed by atoms with E-state index >= 15 is 0 Å². The predicted octanol–water partition coefficient (Wildman–Crippen LogP) is 1.60. The van der Waals surface area contributed by atoms with E-state index in [1.54, 1.807) is 0 Å². The van der Waals surface area contributed by atoms with Gasteiger partial charge in [0.2, 0.25) is 0 Å². The summed E-state index contributed by atoms with van der Waals surface area (Å²) in [5.74, 6) is 0.930. The van der Waals surface area contributed by atoms with Crippen molar-refractivity contribution in [3.05, 3.63) is 30.3 Å². The molecule has 0 N–H and O–H groups in total. The molecule has 19 heavy (non-hydrogen) atoms. The van der Waals surface area contributed by atoms with Crippen molar-refractivity contribution in [1.82, 2.24) is 9.80 Å². The fourth-order valence-electron chi connectivity index (χ4n) is 2.27. The molecule has 0 bridgehead atoms. The second-order valence-electron chi connectivity index (χ2n) is 4.84. The van der Waals surface area contributed by atoms with E-state index in [-0.39, 0.29) is 6.04 Å². The molecule has 0 radical (unpaired) electrons. The number of benzene rings is 1. The maximum absolute atomic E-state index is 8.90. The first-order valence-corrected chi connectivity index (χ1v) is 6.83. The molecule has 4 nitrogen and oxygen atoms in total. The van der Waals surface area contributed by atoms with E-state index in [9.17, 15) is 0 Å². The Morgan fingerprint density at radius 2 is 1.89 bits per heavy atom. The molecular formula is C15H21N3O. The molecule has 1 unspecified atom stereocenters. The molecule has 4 heteroatoms. The second-order valence-corrected chi connectivity index (χ2v) is 4.84. The molecule has 1 aliphatic heterocycles. The van der Waals surface area contributed by atoms with Gasteiger partial charge in [0.05, 0.1) is 12.1 Å². The third-order valence-corrected chi connectivity index (χ3v) is 3.56. The summed E-state index contributed by atoms with van der Waals surface area (Å²) in [5, 5.41) is 8.90. The highest BCUT2D eigenvalue weighted by atomic mass is 16.5. The lowest BCUT2D eigenvalue weighted by atomic mass is 10.2. The number of rotatable bonds is 5. The normalized spacial score (nSPS) is 18.7. The van der Waals surface area contributed by atoms with Crippen LogP contribution in [0.3, 0.4) is 0 Å². The molecule has 1 aliphatic rings. The van der Waals surface area contributed by atoms with E-state index in [2.05, 4.69) is 15.9 Å². The predicted molar refractivity (Wildman–Crippen MR) is 75.0 cm³/mol. The highest BCUT2D eigenvalue weighted by molar-refractivity contribution is 5.20. The topological polar surface area (TPSA) is 39.5 Å². The first-order valence-electron chi connectivity index (χ1n) is 6.83. The first-order chi connectivity index (χ1) is 9.29. The Bertz CT molecular complexity index is 407. The number of piperazine rings is 1. The van der Waals surface area contributed by atoms with Crippen LogP contribution in [-0.2, 0) is 0 Å². The zero-order valence-corrected chi connectivity index (χ0v) is 11.5. The summed E-state index contributed by atoms with van der Waals surface area (Å²) in [6.45, 7) is 7.62. The van der Waals surface area contributed by atoms with Crippen LogP contribution < -0.4 is 4.74 Å². The minimum atomic E-state index is 0.0303. The van der Waals surface area contributed by atoms with E-state index in [0.29, 0.717) is 0 Å². The molecule has 0 spiro atoms. The second kappa shape index (κ2) is 7.13. The number of hydrogen-bond acceptors (Lipinski definition) is 4. The van der Waals surface area contributed by atoms with Crippen molar-refractivity contribution in [3.8, 4) is 11.8 Å². The van der Waals surface area contributed by atoms with E-state index in [1.165, 1.54) is 0 Å². The molecule has 102 valence electrons. The lowest BCUT2D eigenvalue weighted by molar-refractivity contribution is 0.106. The molecule has 1 atom stereocenters. The van der Waals surface area contributed by atoms with Crippen molar-refractivity contribution in [2.45, 2.75) is 13.0 Å². The van der Waals surface area contributed by atoms with Crippen LogP contribution in [0.5, 0.6) is 5.75 Å². The zero-order valence-electron chi connectivity index (χ0n) is 11.5. The van der Waals surface area contributed by atoms with Crippen molar-refractivity contribution in [2.75, 3.05) is 39.3 Å². The SMILES string of the molecule is CC(C#N)N1CCN(CCOc2ccccc2)CC1. The summed E-state index contributed by atoms with van der Waals surface area (Å²) in [6.07, 6.45) is 0. The van der Waals surface area contributed by atoms with Crippen LogP contribution in [0.15, 0.2) is 30.3 Å². The van der Waals surface area contributed by atoms with Crippen LogP contribution in [0.25, 0.3) is 0 Å². The Hall–Kier alpha value is -1.57. The van der Waals surface area contributed by atoms with Crippen molar-refractivity contribution >= 4 is 0 Å². The van der Waals surface area contributed by atoms with E-state index < -0.39 is 0 Å². The largest absolute Gasteiger partial charge is 0.492 e. The van der Waals surface area contributed by atoms with Crippen LogP contribution in [-0.4, -0.2) is 55.2 Å².